The van der Waals surface area contributed by atoms with Crippen molar-refractivity contribution in [1.29, 1.82) is 0 Å². The van der Waals surface area contributed by atoms with Crippen LogP contribution in [0.25, 0.3) is 0 Å². The molecule has 1 saturated carbocycles. The smallest absolute Gasteiger partial charge is 0.00715 e. The summed E-state index contributed by atoms with van der Waals surface area (Å²) in [6.45, 7) is 4.43. The molecule has 10 heavy (non-hydrogen) atoms. The van der Waals surface area contributed by atoms with Crippen molar-refractivity contribution in [3.05, 3.63) is 0 Å². The first kappa shape index (κ1) is 8.19. The molecule has 0 amide bonds. The highest BCUT2D eigenvalue weighted by Gasteiger charge is 2.19. The molecule has 0 aromatic carbocycles. The van der Waals surface area contributed by atoms with Gasteiger partial charge in [-0.1, -0.05) is 32.0 Å². The van der Waals surface area contributed by atoms with Crippen molar-refractivity contribution in [3.63, 3.8) is 0 Å². The minimum Gasteiger partial charge on any atom is -0.0897 e. The fraction of sp³-hybridized carbons (Fsp3) is 0.889. The van der Waals surface area contributed by atoms with Crippen molar-refractivity contribution in [1.82, 2.24) is 0 Å². The lowest BCUT2D eigenvalue weighted by Gasteiger charge is -2.25. The molecule has 0 bridgehead atoms. The van der Waals surface area contributed by atoms with E-state index in [9.17, 15) is 0 Å². The SMILES string of the molecule is CC(=S)C1CCCC(C)C1. The van der Waals surface area contributed by atoms with Crippen molar-refractivity contribution in [3.8, 4) is 0 Å². The zero-order chi connectivity index (χ0) is 7.56. The third-order valence-corrected chi connectivity index (χ3v) is 2.84. The zero-order valence-electron chi connectivity index (χ0n) is 6.89. The second-order valence-electron chi connectivity index (χ2n) is 3.58. The summed E-state index contributed by atoms with van der Waals surface area (Å²) in [5.41, 5.74) is 0. The van der Waals surface area contributed by atoms with Crippen molar-refractivity contribution >= 4 is 17.1 Å². The summed E-state index contributed by atoms with van der Waals surface area (Å²) in [6.07, 6.45) is 5.49. The fourth-order valence-corrected chi connectivity index (χ4v) is 2.02. The molecule has 2 atom stereocenters. The van der Waals surface area contributed by atoms with Crippen LogP contribution < -0.4 is 0 Å². The van der Waals surface area contributed by atoms with Gasteiger partial charge in [0, 0.05) is 0 Å². The molecule has 1 aliphatic carbocycles. The first-order chi connectivity index (χ1) is 4.70. The van der Waals surface area contributed by atoms with E-state index in [4.69, 9.17) is 12.2 Å². The van der Waals surface area contributed by atoms with Gasteiger partial charge < -0.3 is 0 Å². The predicted molar refractivity (Wildman–Crippen MR) is 49.4 cm³/mol. The van der Waals surface area contributed by atoms with E-state index in [0.717, 1.165) is 11.8 Å². The Balaban J connectivity index is 2.39. The van der Waals surface area contributed by atoms with Gasteiger partial charge in [-0.2, -0.15) is 0 Å². The molecule has 0 radical (unpaired) electrons. The normalized spacial score (nSPS) is 33.8. The molecule has 2 unspecified atom stereocenters. The van der Waals surface area contributed by atoms with Crippen molar-refractivity contribution in [2.45, 2.75) is 39.5 Å². The van der Waals surface area contributed by atoms with Gasteiger partial charge in [0.15, 0.2) is 0 Å². The largest absolute Gasteiger partial charge is 0.0897 e. The number of thiocarbonyl (C=S) groups is 1. The Hall–Kier alpha value is 0.0900. The van der Waals surface area contributed by atoms with Gasteiger partial charge in [-0.25, -0.2) is 0 Å². The molecular weight excluding hydrogens is 140 g/mol. The van der Waals surface area contributed by atoms with Crippen LogP contribution in [-0.4, -0.2) is 4.86 Å². The first-order valence-electron chi connectivity index (χ1n) is 4.20. The number of rotatable bonds is 1. The Morgan fingerprint density at radius 3 is 2.50 bits per heavy atom. The molecule has 1 heteroatoms. The Labute approximate surface area is 69.0 Å². The highest BCUT2D eigenvalue weighted by molar-refractivity contribution is 7.80. The summed E-state index contributed by atoms with van der Waals surface area (Å²) in [4.78, 5) is 1.23. The van der Waals surface area contributed by atoms with Crippen LogP contribution in [0, 0.1) is 11.8 Å². The van der Waals surface area contributed by atoms with Gasteiger partial charge in [-0.05, 0) is 36.5 Å². The van der Waals surface area contributed by atoms with Crippen LogP contribution in [0.2, 0.25) is 0 Å². The molecule has 0 spiro atoms. The van der Waals surface area contributed by atoms with E-state index in [1.807, 2.05) is 0 Å². The maximum Gasteiger partial charge on any atom is -0.00715 e. The molecule has 58 valence electrons. The molecule has 1 aliphatic rings. The average Bonchev–Trinajstić information content (AvgIpc) is 1.88. The van der Waals surface area contributed by atoms with E-state index in [1.165, 1.54) is 30.5 Å². The lowest BCUT2D eigenvalue weighted by molar-refractivity contribution is 0.341. The van der Waals surface area contributed by atoms with Crippen LogP contribution in [0.15, 0.2) is 0 Å². The molecule has 1 rings (SSSR count). The van der Waals surface area contributed by atoms with Crippen LogP contribution in [0.4, 0.5) is 0 Å². The summed E-state index contributed by atoms with van der Waals surface area (Å²) in [5.74, 6) is 1.68. The van der Waals surface area contributed by atoms with Gasteiger partial charge in [-0.15, -0.1) is 0 Å². The van der Waals surface area contributed by atoms with Crippen molar-refractivity contribution in [2.24, 2.45) is 11.8 Å². The van der Waals surface area contributed by atoms with Gasteiger partial charge >= 0.3 is 0 Å². The van der Waals surface area contributed by atoms with Crippen LogP contribution >= 0.6 is 12.2 Å². The predicted octanol–water partition coefficient (Wildman–Crippen LogP) is 3.20. The highest BCUT2D eigenvalue weighted by atomic mass is 32.1. The van der Waals surface area contributed by atoms with Crippen LogP contribution in [0.3, 0.4) is 0 Å². The Morgan fingerprint density at radius 2 is 2.10 bits per heavy atom. The summed E-state index contributed by atoms with van der Waals surface area (Å²) >= 11 is 5.17. The average molecular weight is 156 g/mol. The van der Waals surface area contributed by atoms with E-state index in [0.29, 0.717) is 0 Å². The van der Waals surface area contributed by atoms with Gasteiger partial charge in [0.25, 0.3) is 0 Å². The van der Waals surface area contributed by atoms with E-state index in [-0.39, 0.29) is 0 Å². The number of hydrogen-bond donors (Lipinski definition) is 0. The molecule has 0 nitrogen and oxygen atoms in total. The highest BCUT2D eigenvalue weighted by Crippen LogP contribution is 2.29. The molecular formula is C9H16S. The third-order valence-electron chi connectivity index (χ3n) is 2.51. The van der Waals surface area contributed by atoms with Crippen LogP contribution in [0.1, 0.15) is 39.5 Å². The van der Waals surface area contributed by atoms with Gasteiger partial charge in [-0.3, -0.25) is 0 Å². The molecule has 0 saturated heterocycles. The molecule has 0 aromatic rings. The summed E-state index contributed by atoms with van der Waals surface area (Å²) in [5, 5.41) is 0. The second-order valence-corrected chi connectivity index (χ2v) is 4.22. The second kappa shape index (κ2) is 3.47. The molecule has 1 fully saturated rings. The molecule has 0 N–H and O–H groups in total. The fourth-order valence-electron chi connectivity index (χ4n) is 1.80. The van der Waals surface area contributed by atoms with E-state index >= 15 is 0 Å². The standard InChI is InChI=1S/C9H16S/c1-7-4-3-5-9(6-7)8(2)10/h7,9H,3-6H2,1-2H3. The lowest BCUT2D eigenvalue weighted by Crippen LogP contribution is -2.18. The van der Waals surface area contributed by atoms with Crippen molar-refractivity contribution in [2.75, 3.05) is 0 Å². The topological polar surface area (TPSA) is 0 Å². The van der Waals surface area contributed by atoms with Crippen LogP contribution in [-0.2, 0) is 0 Å². The third kappa shape index (κ3) is 2.05. The van der Waals surface area contributed by atoms with Crippen molar-refractivity contribution < 1.29 is 0 Å². The minimum atomic E-state index is 0.763. The first-order valence-corrected chi connectivity index (χ1v) is 4.61. The Morgan fingerprint density at radius 1 is 1.40 bits per heavy atom. The van der Waals surface area contributed by atoms with Gasteiger partial charge in [0.05, 0.1) is 0 Å². The minimum absolute atomic E-state index is 0.763. The monoisotopic (exact) mass is 156 g/mol. The van der Waals surface area contributed by atoms with E-state index in [2.05, 4.69) is 13.8 Å². The van der Waals surface area contributed by atoms with E-state index < -0.39 is 0 Å². The summed E-state index contributed by atoms with van der Waals surface area (Å²) < 4.78 is 0. The molecule has 0 aliphatic heterocycles. The summed E-state index contributed by atoms with van der Waals surface area (Å²) in [6, 6.07) is 0. The van der Waals surface area contributed by atoms with Crippen LogP contribution in [0.5, 0.6) is 0 Å². The maximum absolute atomic E-state index is 5.17. The zero-order valence-corrected chi connectivity index (χ0v) is 7.71. The Kier molecular flexibility index (Phi) is 2.84. The maximum atomic E-state index is 5.17. The van der Waals surface area contributed by atoms with Gasteiger partial charge in [0.2, 0.25) is 0 Å². The molecule has 0 aromatic heterocycles. The van der Waals surface area contributed by atoms with Gasteiger partial charge in [0.1, 0.15) is 0 Å². The molecule has 0 heterocycles. The Bertz CT molecular complexity index is 129. The number of hydrogen-bond acceptors (Lipinski definition) is 1. The summed E-state index contributed by atoms with van der Waals surface area (Å²) in [7, 11) is 0. The quantitative estimate of drug-likeness (QED) is 0.525. The lowest BCUT2D eigenvalue weighted by atomic mass is 9.81. The van der Waals surface area contributed by atoms with E-state index in [1.54, 1.807) is 0 Å².